The maximum atomic E-state index is 12.7. The maximum absolute atomic E-state index is 12.7. The Kier molecular flexibility index (Phi) is 6.31. The zero-order chi connectivity index (χ0) is 22.5. The van der Waals surface area contributed by atoms with E-state index in [1.165, 1.54) is 17.5 Å². The Morgan fingerprint density at radius 1 is 1.12 bits per heavy atom. The number of hydrogen-bond acceptors (Lipinski definition) is 7. The molecule has 3 aromatic rings. The zero-order valence-corrected chi connectivity index (χ0v) is 17.9. The maximum Gasteiger partial charge on any atom is 0.341 e. The highest BCUT2D eigenvalue weighted by Crippen LogP contribution is 2.30. The van der Waals surface area contributed by atoms with Crippen LogP contribution in [0.2, 0.25) is 0 Å². The minimum atomic E-state index is -0.697. The lowest BCUT2D eigenvalue weighted by Crippen LogP contribution is -2.46. The summed E-state index contributed by atoms with van der Waals surface area (Å²) in [4.78, 5) is 38.2. The fourth-order valence-corrected chi connectivity index (χ4v) is 4.01. The Bertz CT molecular complexity index is 1150. The molecule has 2 amide bonds. The molecule has 10 heteroatoms. The molecule has 1 atom stereocenters. The van der Waals surface area contributed by atoms with Crippen LogP contribution in [0, 0.1) is 0 Å². The number of amides is 2. The van der Waals surface area contributed by atoms with E-state index < -0.39 is 24.0 Å². The summed E-state index contributed by atoms with van der Waals surface area (Å²) in [7, 11) is 0. The molecule has 164 valence electrons. The number of carbonyl (C=O) groups is 3. The Hall–Kier alpha value is -3.92. The average Bonchev–Trinajstić information content (AvgIpc) is 3.50. The highest BCUT2D eigenvalue weighted by Gasteiger charge is 2.34. The van der Waals surface area contributed by atoms with Gasteiger partial charge in [-0.15, -0.1) is 11.3 Å². The van der Waals surface area contributed by atoms with Crippen LogP contribution in [0.1, 0.15) is 28.2 Å². The van der Waals surface area contributed by atoms with Crippen molar-refractivity contribution in [3.63, 3.8) is 0 Å². The molecule has 1 aliphatic heterocycles. The molecule has 32 heavy (non-hydrogen) atoms. The zero-order valence-electron chi connectivity index (χ0n) is 17.1. The predicted octanol–water partition coefficient (Wildman–Crippen LogP) is 2.96. The topological polar surface area (TPSA) is 112 Å². The summed E-state index contributed by atoms with van der Waals surface area (Å²) in [5, 5.41) is 11.3. The van der Waals surface area contributed by atoms with Crippen LogP contribution in [0.25, 0.3) is 5.69 Å². The lowest BCUT2D eigenvalue weighted by atomic mass is 10.0. The fourth-order valence-electron chi connectivity index (χ4n) is 3.22. The number of hydrogen-bond donors (Lipinski definition) is 2. The molecule has 9 nitrogen and oxygen atoms in total. The van der Waals surface area contributed by atoms with Gasteiger partial charge in [0.05, 0.1) is 41.4 Å². The van der Waals surface area contributed by atoms with Gasteiger partial charge in [0, 0.05) is 11.1 Å². The largest absolute Gasteiger partial charge is 0.463 e. The van der Waals surface area contributed by atoms with E-state index in [2.05, 4.69) is 15.7 Å². The van der Waals surface area contributed by atoms with E-state index in [1.807, 2.05) is 47.8 Å². The third-order valence-corrected chi connectivity index (χ3v) is 5.60. The van der Waals surface area contributed by atoms with Crippen LogP contribution in [-0.4, -0.2) is 41.0 Å². The molecule has 0 radical (unpaired) electrons. The summed E-state index contributed by atoms with van der Waals surface area (Å²) in [5.74, 6) is -1.23. The van der Waals surface area contributed by atoms with Crippen molar-refractivity contribution in [3.05, 3.63) is 81.9 Å². The minimum Gasteiger partial charge on any atom is -0.463 e. The molecule has 0 aliphatic carbocycles. The molecule has 0 spiro atoms. The Morgan fingerprint density at radius 2 is 1.94 bits per heavy atom. The molecule has 0 saturated carbocycles. The molecule has 3 heterocycles. The van der Waals surface area contributed by atoms with Crippen molar-refractivity contribution in [2.24, 2.45) is 0 Å². The summed E-state index contributed by atoms with van der Waals surface area (Å²) < 4.78 is 12.1. The van der Waals surface area contributed by atoms with Crippen LogP contribution < -0.4 is 10.6 Å². The molecule has 0 saturated heterocycles. The number of aromatic nitrogens is 2. The van der Waals surface area contributed by atoms with E-state index in [0.717, 1.165) is 10.6 Å². The van der Waals surface area contributed by atoms with Crippen molar-refractivity contribution in [1.82, 2.24) is 20.4 Å². The normalized spacial score (nSPS) is 15.7. The van der Waals surface area contributed by atoms with Crippen LogP contribution in [-0.2, 0) is 14.3 Å². The molecule has 2 aromatic heterocycles. The monoisotopic (exact) mass is 452 g/mol. The van der Waals surface area contributed by atoms with E-state index in [0.29, 0.717) is 0 Å². The Balaban J connectivity index is 1.56. The lowest BCUT2D eigenvalue weighted by molar-refractivity contribution is -0.139. The van der Waals surface area contributed by atoms with Gasteiger partial charge in [0.15, 0.2) is 0 Å². The van der Waals surface area contributed by atoms with Crippen molar-refractivity contribution in [2.75, 3.05) is 13.2 Å². The molecule has 1 unspecified atom stereocenters. The van der Waals surface area contributed by atoms with Crippen molar-refractivity contribution >= 4 is 29.3 Å². The average molecular weight is 452 g/mol. The molecule has 1 aromatic carbocycles. The summed E-state index contributed by atoms with van der Waals surface area (Å²) in [5.41, 5.74) is 1.40. The second-order valence-electron chi connectivity index (χ2n) is 6.74. The summed E-state index contributed by atoms with van der Waals surface area (Å²) in [6, 6.07) is 11.7. The van der Waals surface area contributed by atoms with Gasteiger partial charge < -0.3 is 20.1 Å². The summed E-state index contributed by atoms with van der Waals surface area (Å²) in [6.07, 6.45) is 2.94. The first-order chi connectivity index (χ1) is 15.6. The van der Waals surface area contributed by atoms with Gasteiger partial charge in [0.2, 0.25) is 0 Å². The van der Waals surface area contributed by atoms with Crippen molar-refractivity contribution in [3.8, 4) is 5.69 Å². The summed E-state index contributed by atoms with van der Waals surface area (Å²) >= 11 is 1.39. The molecule has 0 bridgehead atoms. The van der Waals surface area contributed by atoms with E-state index in [4.69, 9.17) is 9.47 Å². The van der Waals surface area contributed by atoms with Crippen LogP contribution >= 0.6 is 11.3 Å². The van der Waals surface area contributed by atoms with Crippen LogP contribution in [0.4, 0.5) is 4.79 Å². The smallest absolute Gasteiger partial charge is 0.341 e. The van der Waals surface area contributed by atoms with E-state index >= 15 is 0 Å². The molecular weight excluding hydrogens is 432 g/mol. The lowest BCUT2D eigenvalue weighted by Gasteiger charge is -2.28. The molecular formula is C22H20N4O5S. The van der Waals surface area contributed by atoms with Gasteiger partial charge in [0.25, 0.3) is 0 Å². The van der Waals surface area contributed by atoms with E-state index in [-0.39, 0.29) is 30.0 Å². The minimum absolute atomic E-state index is 0.166. The number of carbonyl (C=O) groups excluding carboxylic acids is 3. The predicted molar refractivity (Wildman–Crippen MR) is 116 cm³/mol. The van der Waals surface area contributed by atoms with Crippen molar-refractivity contribution < 1.29 is 23.9 Å². The highest BCUT2D eigenvalue weighted by molar-refractivity contribution is 7.10. The van der Waals surface area contributed by atoms with Crippen LogP contribution in [0.5, 0.6) is 0 Å². The number of para-hydroxylation sites is 1. The first-order valence-electron chi connectivity index (χ1n) is 9.85. The highest BCUT2D eigenvalue weighted by atomic mass is 32.1. The second kappa shape index (κ2) is 9.48. The van der Waals surface area contributed by atoms with Crippen LogP contribution in [0.3, 0.4) is 0 Å². The molecule has 2 N–H and O–H groups in total. The van der Waals surface area contributed by atoms with Gasteiger partial charge in [-0.25, -0.2) is 19.1 Å². The first-order valence-corrected chi connectivity index (χ1v) is 10.7. The molecule has 0 fully saturated rings. The number of ether oxygens (including phenoxy) is 2. The number of benzene rings is 1. The Morgan fingerprint density at radius 3 is 2.66 bits per heavy atom. The number of thiophene rings is 1. The number of nitrogens with one attached hydrogen (secondary N) is 2. The van der Waals surface area contributed by atoms with Crippen molar-refractivity contribution in [1.29, 1.82) is 0 Å². The number of urea groups is 1. The van der Waals surface area contributed by atoms with Crippen molar-refractivity contribution in [2.45, 2.75) is 13.0 Å². The first kappa shape index (κ1) is 21.3. The quantitative estimate of drug-likeness (QED) is 0.533. The third kappa shape index (κ3) is 4.54. The standard InChI is InChI=1S/C22H20N4O5S/c1-2-30-21(28)18-16(24-22(29)25-19(18)17-9-6-10-32-17)13-31-20(27)14-11-23-26(12-14)15-7-4-3-5-8-15/h3-12,19H,2,13H2,1H3,(H2,24,25,29). The molecule has 4 rings (SSSR count). The van der Waals surface area contributed by atoms with Crippen LogP contribution in [0.15, 0.2) is 71.5 Å². The fraction of sp³-hybridized carbons (Fsp3) is 0.182. The van der Waals surface area contributed by atoms with E-state index in [1.54, 1.807) is 17.8 Å². The van der Waals surface area contributed by atoms with Gasteiger partial charge in [-0.2, -0.15) is 5.10 Å². The van der Waals surface area contributed by atoms with Gasteiger partial charge in [-0.3, -0.25) is 0 Å². The number of esters is 2. The summed E-state index contributed by atoms with van der Waals surface area (Å²) in [6.45, 7) is 1.55. The van der Waals surface area contributed by atoms with Gasteiger partial charge >= 0.3 is 18.0 Å². The second-order valence-corrected chi connectivity index (χ2v) is 7.72. The van der Waals surface area contributed by atoms with Gasteiger partial charge in [-0.05, 0) is 30.5 Å². The SMILES string of the molecule is CCOC(=O)C1=C(COC(=O)c2cnn(-c3ccccc3)c2)NC(=O)NC1c1cccs1. The number of rotatable bonds is 7. The van der Waals surface area contributed by atoms with E-state index in [9.17, 15) is 14.4 Å². The van der Waals surface area contributed by atoms with Gasteiger partial charge in [0.1, 0.15) is 6.61 Å². The Labute approximate surface area is 187 Å². The number of nitrogens with zero attached hydrogens (tertiary/aromatic N) is 2. The third-order valence-electron chi connectivity index (χ3n) is 4.66. The van der Waals surface area contributed by atoms with Gasteiger partial charge in [-0.1, -0.05) is 24.3 Å². The molecule has 1 aliphatic rings.